The zero-order valence-electron chi connectivity index (χ0n) is 38.4. The van der Waals surface area contributed by atoms with E-state index >= 15 is 0 Å². The van der Waals surface area contributed by atoms with E-state index in [1.54, 1.807) is 0 Å². The van der Waals surface area contributed by atoms with Crippen LogP contribution in [-0.2, 0) is 45.7 Å². The molecule has 1 nitrogen and oxygen atoms in total. The summed E-state index contributed by atoms with van der Waals surface area (Å²) in [4.78, 5) is 0. The molecule has 0 aliphatic carbocycles. The molecule has 0 saturated heterocycles. The molecule has 8 aromatic carbocycles. The zero-order valence-corrected chi connectivity index (χ0v) is 41.3. The fourth-order valence-electron chi connectivity index (χ4n) is 6.88. The molecule has 0 aliphatic rings. The molecule has 1 aromatic heterocycles. The average molecular weight is 857 g/mol. The summed E-state index contributed by atoms with van der Waals surface area (Å²) in [6, 6.07) is 62.5. The van der Waals surface area contributed by atoms with Crippen LogP contribution in [0, 0.1) is 19.1 Å². The molecule has 0 fully saturated rings. The van der Waals surface area contributed by atoms with Crippen molar-refractivity contribution < 1.29 is 32.7 Å². The van der Waals surface area contributed by atoms with Crippen molar-refractivity contribution in [1.29, 1.82) is 0 Å². The predicted molar refractivity (Wildman–Crippen MR) is 264 cm³/mol. The fourth-order valence-corrected chi connectivity index (χ4v) is 6.88. The molecule has 0 amide bonds. The van der Waals surface area contributed by atoms with Gasteiger partial charge in [-0.15, -0.1) is 12.1 Å². The first-order chi connectivity index (χ1) is 28.7. The quantitative estimate of drug-likeness (QED) is 0.123. The number of hydrogen-bond donors (Lipinski definition) is 0. The van der Waals surface area contributed by atoms with Crippen molar-refractivity contribution in [1.82, 2.24) is 4.57 Å². The smallest absolute Gasteiger partial charge is 0.0491 e. The van der Waals surface area contributed by atoms with E-state index in [1.807, 2.05) is 132 Å². The SMILES string of the molecule is CC.CC.CC.CC.CC.CC.Cc1ccc2c(c1)c1ccccc1n2CCc1ccc2c3ccccc3c3ccccc3c2c1.[Y].[c-]1ccccc1-c1[c-]cccc1. The molecule has 2 heteroatoms. The Balaban J connectivity index is 0.000000585. The van der Waals surface area contributed by atoms with Crippen LogP contribution in [0.5, 0.6) is 0 Å². The van der Waals surface area contributed by atoms with Gasteiger partial charge in [0, 0.05) is 61.1 Å². The number of benzene rings is 8. The number of rotatable bonds is 4. The van der Waals surface area contributed by atoms with E-state index in [1.165, 1.54) is 65.3 Å². The first-order valence-corrected chi connectivity index (χ1v) is 22.0. The van der Waals surface area contributed by atoms with E-state index in [9.17, 15) is 0 Å². The second-order valence-corrected chi connectivity index (χ2v) is 12.0. The normalized spacial score (nSPS) is 9.44. The van der Waals surface area contributed by atoms with Crippen molar-refractivity contribution >= 4 is 54.1 Å². The van der Waals surface area contributed by atoms with Gasteiger partial charge in [-0.25, -0.2) is 11.1 Å². The molecule has 1 heterocycles. The van der Waals surface area contributed by atoms with Crippen LogP contribution in [0.4, 0.5) is 0 Å². The molecule has 1 radical (unpaired) electrons. The Morgan fingerprint density at radius 2 is 0.780 bits per heavy atom. The number of nitrogens with zero attached hydrogens (tertiary/aromatic N) is 1. The van der Waals surface area contributed by atoms with E-state index < -0.39 is 0 Å². The van der Waals surface area contributed by atoms with Gasteiger partial charge in [0.05, 0.1) is 0 Å². The molecule has 0 N–H and O–H groups in total. The largest absolute Gasteiger partial charge is 0.340 e. The van der Waals surface area contributed by atoms with Crippen LogP contribution in [0.1, 0.15) is 94.2 Å². The van der Waals surface area contributed by atoms with Crippen LogP contribution in [0.2, 0.25) is 0 Å². The van der Waals surface area contributed by atoms with Gasteiger partial charge in [-0.2, -0.15) is 48.5 Å². The summed E-state index contributed by atoms with van der Waals surface area (Å²) in [5.74, 6) is 0. The minimum absolute atomic E-state index is 0. The summed E-state index contributed by atoms with van der Waals surface area (Å²) < 4.78 is 2.49. The van der Waals surface area contributed by atoms with Crippen LogP contribution in [0.3, 0.4) is 0 Å². The Hall–Kier alpha value is -4.56. The number of hydrogen-bond acceptors (Lipinski definition) is 0. The maximum absolute atomic E-state index is 3.15. The predicted octanol–water partition coefficient (Wildman–Crippen LogP) is 17.9. The van der Waals surface area contributed by atoms with E-state index in [0.717, 1.165) is 24.1 Å². The standard InChI is InChI=1S/C33H25N.C12H8.6C2H6.Y/c1-22-14-17-33-31(20-22)29-12-6-7-13-32(29)34(33)19-18-23-15-16-28-26-10-3-2-8-24(26)25-9-4-5-11-27(25)30(28)21-23;1-3-7-11(8-4-1)12-9-5-2-6-10-12;6*1-2;/h2-17,20-21H,18-19H2,1H3;1-7,9H;6*1-2H3;/q;-2;;;;;;;. The fraction of sp³-hybridized carbons (Fsp3) is 0.263. The summed E-state index contributed by atoms with van der Waals surface area (Å²) in [5.41, 5.74) is 7.52. The molecular formula is C57H69NY-2. The van der Waals surface area contributed by atoms with Gasteiger partial charge in [0.2, 0.25) is 0 Å². The molecule has 0 atom stereocenters. The summed E-state index contributed by atoms with van der Waals surface area (Å²) in [7, 11) is 0. The first kappa shape index (κ1) is 52.5. The molecule has 0 aliphatic heterocycles. The summed E-state index contributed by atoms with van der Waals surface area (Å²) in [6.45, 7) is 27.1. The monoisotopic (exact) mass is 856 g/mol. The summed E-state index contributed by atoms with van der Waals surface area (Å²) in [5, 5.41) is 10.7. The van der Waals surface area contributed by atoms with Crippen molar-refractivity contribution in [2.45, 2.75) is 103 Å². The summed E-state index contributed by atoms with van der Waals surface area (Å²) >= 11 is 0. The molecule has 0 unspecified atom stereocenters. The average Bonchev–Trinajstić information content (AvgIpc) is 3.65. The molecule has 9 aromatic rings. The van der Waals surface area contributed by atoms with Crippen molar-refractivity contribution in [3.05, 3.63) is 181 Å². The van der Waals surface area contributed by atoms with E-state index in [-0.39, 0.29) is 32.7 Å². The van der Waals surface area contributed by atoms with Gasteiger partial charge in [0.15, 0.2) is 0 Å². The number of fused-ring (bicyclic) bond motifs is 9. The maximum atomic E-state index is 3.15. The Morgan fingerprint density at radius 3 is 1.25 bits per heavy atom. The van der Waals surface area contributed by atoms with E-state index in [2.05, 4.69) is 133 Å². The van der Waals surface area contributed by atoms with E-state index in [4.69, 9.17) is 0 Å². The topological polar surface area (TPSA) is 4.93 Å². The van der Waals surface area contributed by atoms with E-state index in [0.29, 0.717) is 0 Å². The maximum Gasteiger partial charge on any atom is 0.0491 e. The van der Waals surface area contributed by atoms with Crippen LogP contribution in [0.25, 0.3) is 65.3 Å². The molecular weight excluding hydrogens is 788 g/mol. The van der Waals surface area contributed by atoms with Gasteiger partial charge in [-0.1, -0.05) is 180 Å². The zero-order chi connectivity index (χ0) is 42.9. The number of aromatic nitrogens is 1. The van der Waals surface area contributed by atoms with Crippen molar-refractivity contribution in [3.8, 4) is 11.1 Å². The molecule has 0 bridgehead atoms. The van der Waals surface area contributed by atoms with Gasteiger partial charge in [-0.05, 0) is 69.4 Å². The van der Waals surface area contributed by atoms with Crippen molar-refractivity contribution in [2.24, 2.45) is 0 Å². The Morgan fingerprint density at radius 1 is 0.373 bits per heavy atom. The molecule has 9 rings (SSSR count). The molecule has 59 heavy (non-hydrogen) atoms. The first-order valence-electron chi connectivity index (χ1n) is 22.0. The van der Waals surface area contributed by atoms with Gasteiger partial charge in [-0.3, -0.25) is 0 Å². The van der Waals surface area contributed by atoms with Gasteiger partial charge in [0.25, 0.3) is 0 Å². The third-order valence-corrected chi connectivity index (χ3v) is 9.07. The molecule has 0 saturated carbocycles. The van der Waals surface area contributed by atoms with Gasteiger partial charge >= 0.3 is 0 Å². The number of para-hydroxylation sites is 1. The third-order valence-electron chi connectivity index (χ3n) is 9.07. The van der Waals surface area contributed by atoms with Gasteiger partial charge in [0.1, 0.15) is 0 Å². The van der Waals surface area contributed by atoms with Crippen LogP contribution in [-0.4, -0.2) is 4.57 Å². The second-order valence-electron chi connectivity index (χ2n) is 12.0. The number of aryl methyl sites for hydroxylation is 3. The minimum Gasteiger partial charge on any atom is -0.340 e. The van der Waals surface area contributed by atoms with Crippen molar-refractivity contribution in [3.63, 3.8) is 0 Å². The Kier molecular flexibility index (Phi) is 26.3. The molecule has 307 valence electrons. The Bertz CT molecular complexity index is 2400. The minimum atomic E-state index is 0. The second kappa shape index (κ2) is 29.6. The third kappa shape index (κ3) is 13.2. The molecule has 0 spiro atoms. The van der Waals surface area contributed by atoms with Crippen molar-refractivity contribution in [2.75, 3.05) is 0 Å². The van der Waals surface area contributed by atoms with Crippen LogP contribution < -0.4 is 0 Å². The van der Waals surface area contributed by atoms with Gasteiger partial charge < -0.3 is 4.57 Å². The summed E-state index contributed by atoms with van der Waals surface area (Å²) in [6.07, 6.45) is 0.999. The van der Waals surface area contributed by atoms with Crippen LogP contribution in [0.15, 0.2) is 158 Å². The Labute approximate surface area is 383 Å². The van der Waals surface area contributed by atoms with Crippen LogP contribution >= 0.6 is 0 Å².